The zero-order valence-electron chi connectivity index (χ0n) is 15.2. The van der Waals surface area contributed by atoms with Gasteiger partial charge in [-0.1, -0.05) is 6.07 Å². The third-order valence-electron chi connectivity index (χ3n) is 4.69. The number of benzene rings is 1. The van der Waals surface area contributed by atoms with Gasteiger partial charge >= 0.3 is 18.3 Å². The summed E-state index contributed by atoms with van der Waals surface area (Å²) in [7, 11) is 0. The van der Waals surface area contributed by atoms with Crippen molar-refractivity contribution in [2.24, 2.45) is 16.1 Å². The maximum atomic E-state index is 13.3. The summed E-state index contributed by atoms with van der Waals surface area (Å²) in [6, 6.07) is 4.62. The maximum absolute atomic E-state index is 13.3. The van der Waals surface area contributed by atoms with Crippen molar-refractivity contribution in [3.8, 4) is 0 Å². The van der Waals surface area contributed by atoms with Gasteiger partial charge in [-0.25, -0.2) is 9.18 Å². The lowest BCUT2D eigenvalue weighted by Crippen LogP contribution is -2.35. The molecular weight excluding hydrogens is 411 g/mol. The number of halogens is 7. The number of nitrogens with zero attached hydrogens (tertiary/aromatic N) is 3. The van der Waals surface area contributed by atoms with Gasteiger partial charge in [0.1, 0.15) is 5.82 Å². The van der Waals surface area contributed by atoms with Crippen LogP contribution in [0.15, 0.2) is 28.4 Å². The normalized spacial score (nSPS) is 20.9. The van der Waals surface area contributed by atoms with Crippen molar-refractivity contribution >= 4 is 5.97 Å². The van der Waals surface area contributed by atoms with Crippen molar-refractivity contribution in [1.29, 1.82) is 0 Å². The lowest BCUT2D eigenvalue weighted by molar-refractivity contribution is -0.192. The average Bonchev–Trinajstić information content (AvgIpc) is 3.24. The summed E-state index contributed by atoms with van der Waals surface area (Å²) in [5.74, 6) is -3.12. The minimum absolute atomic E-state index is 0.0743. The molecule has 1 aromatic rings. The fraction of sp³-hybridized carbons (Fsp3) is 0.588. The van der Waals surface area contributed by atoms with E-state index in [0.717, 1.165) is 11.1 Å². The lowest BCUT2D eigenvalue weighted by Gasteiger charge is -2.20. The Morgan fingerprint density at radius 1 is 1.24 bits per heavy atom. The van der Waals surface area contributed by atoms with Gasteiger partial charge in [0.25, 0.3) is 5.66 Å². The SMILES string of the molecule is Cc1ccc(F)cc1CN1CCC(CC2(C(F)(F)F)N=N2)C1.O=C(O)C(F)(F)F. The second-order valence-corrected chi connectivity index (χ2v) is 6.98. The predicted octanol–water partition coefficient (Wildman–Crippen LogP) is 4.70. The molecule has 5 nitrogen and oxygen atoms in total. The van der Waals surface area contributed by atoms with Gasteiger partial charge in [0, 0.05) is 19.5 Å². The summed E-state index contributed by atoms with van der Waals surface area (Å²) in [4.78, 5) is 11.0. The van der Waals surface area contributed by atoms with E-state index in [1.54, 1.807) is 6.07 Å². The molecule has 3 rings (SSSR count). The molecule has 1 N–H and O–H groups in total. The smallest absolute Gasteiger partial charge is 0.475 e. The number of alkyl halides is 6. The maximum Gasteiger partial charge on any atom is 0.490 e. The third kappa shape index (κ3) is 6.12. The number of rotatable bonds is 4. The molecule has 0 aliphatic carbocycles. The predicted molar refractivity (Wildman–Crippen MR) is 86.5 cm³/mol. The Kier molecular flexibility index (Phi) is 6.55. The van der Waals surface area contributed by atoms with Gasteiger partial charge in [0.15, 0.2) is 0 Å². The van der Waals surface area contributed by atoms with Crippen LogP contribution in [-0.2, 0) is 11.3 Å². The van der Waals surface area contributed by atoms with Crippen molar-refractivity contribution < 1.29 is 40.6 Å². The van der Waals surface area contributed by atoms with E-state index in [4.69, 9.17) is 9.90 Å². The Labute approximate surface area is 161 Å². The van der Waals surface area contributed by atoms with Crippen LogP contribution in [0.3, 0.4) is 0 Å². The first kappa shape index (κ1) is 23.0. The van der Waals surface area contributed by atoms with Gasteiger partial charge in [-0.05, 0) is 49.1 Å². The molecule has 1 saturated heterocycles. The molecule has 1 fully saturated rings. The van der Waals surface area contributed by atoms with E-state index in [1.165, 1.54) is 12.1 Å². The minimum atomic E-state index is -5.08. The summed E-state index contributed by atoms with van der Waals surface area (Å²) in [5.41, 5.74) is -0.279. The van der Waals surface area contributed by atoms with Crippen LogP contribution in [0.25, 0.3) is 0 Å². The monoisotopic (exact) mass is 429 g/mol. The van der Waals surface area contributed by atoms with Crippen LogP contribution >= 0.6 is 0 Å². The Morgan fingerprint density at radius 3 is 2.31 bits per heavy atom. The first-order valence-electron chi connectivity index (χ1n) is 8.52. The fourth-order valence-electron chi connectivity index (χ4n) is 3.05. The zero-order chi connectivity index (χ0) is 22.0. The molecule has 0 saturated carbocycles. The average molecular weight is 429 g/mol. The number of carboxylic acids is 1. The molecule has 1 atom stereocenters. The second-order valence-electron chi connectivity index (χ2n) is 6.98. The van der Waals surface area contributed by atoms with Crippen LogP contribution in [0.4, 0.5) is 30.7 Å². The second kappa shape index (κ2) is 8.25. The topological polar surface area (TPSA) is 65.3 Å². The summed E-state index contributed by atoms with van der Waals surface area (Å²) < 4.78 is 83.6. The largest absolute Gasteiger partial charge is 0.490 e. The Hall–Kier alpha value is -2.24. The number of likely N-dealkylation sites (tertiary alicyclic amines) is 1. The lowest BCUT2D eigenvalue weighted by atomic mass is 9.96. The Bertz CT molecular complexity index is 771. The van der Waals surface area contributed by atoms with Gasteiger partial charge < -0.3 is 5.11 Å². The van der Waals surface area contributed by atoms with Gasteiger partial charge in [-0.2, -0.15) is 26.3 Å². The highest BCUT2D eigenvalue weighted by Gasteiger charge is 2.64. The minimum Gasteiger partial charge on any atom is -0.475 e. The van der Waals surface area contributed by atoms with E-state index in [1.807, 2.05) is 6.92 Å². The van der Waals surface area contributed by atoms with E-state index < -0.39 is 24.0 Å². The molecule has 0 spiro atoms. The van der Waals surface area contributed by atoms with Crippen LogP contribution in [0.2, 0.25) is 0 Å². The van der Waals surface area contributed by atoms with E-state index in [2.05, 4.69) is 15.1 Å². The molecule has 1 unspecified atom stereocenters. The molecule has 29 heavy (non-hydrogen) atoms. The molecule has 0 bridgehead atoms. The molecular formula is C17H18F7N3O2. The number of carbonyl (C=O) groups is 1. The Balaban J connectivity index is 0.000000370. The van der Waals surface area contributed by atoms with Crippen molar-refractivity contribution in [1.82, 2.24) is 4.90 Å². The van der Waals surface area contributed by atoms with Crippen LogP contribution in [0.5, 0.6) is 0 Å². The van der Waals surface area contributed by atoms with E-state index in [0.29, 0.717) is 26.1 Å². The van der Waals surface area contributed by atoms with Crippen molar-refractivity contribution in [3.05, 3.63) is 35.1 Å². The van der Waals surface area contributed by atoms with Crippen LogP contribution in [0, 0.1) is 18.7 Å². The molecule has 2 aliphatic rings. The first-order valence-corrected chi connectivity index (χ1v) is 8.52. The quantitative estimate of drug-likeness (QED) is 0.706. The number of hydrogen-bond acceptors (Lipinski definition) is 4. The van der Waals surface area contributed by atoms with E-state index in [-0.39, 0.29) is 18.2 Å². The molecule has 2 heterocycles. The Morgan fingerprint density at radius 2 is 1.83 bits per heavy atom. The number of aliphatic carboxylic acids is 1. The highest BCUT2D eigenvalue weighted by Crippen LogP contribution is 2.49. The summed E-state index contributed by atoms with van der Waals surface area (Å²) in [6.45, 7) is 3.75. The van der Waals surface area contributed by atoms with Gasteiger partial charge in [0.2, 0.25) is 0 Å². The van der Waals surface area contributed by atoms with Gasteiger partial charge in [-0.3, -0.25) is 4.90 Å². The van der Waals surface area contributed by atoms with E-state index >= 15 is 0 Å². The highest BCUT2D eigenvalue weighted by atomic mass is 19.4. The summed E-state index contributed by atoms with van der Waals surface area (Å²) in [5, 5.41) is 13.6. The molecule has 0 aromatic heterocycles. The van der Waals surface area contributed by atoms with Crippen LogP contribution in [-0.4, -0.2) is 47.1 Å². The number of aryl methyl sites for hydroxylation is 1. The molecule has 0 amide bonds. The highest BCUT2D eigenvalue weighted by molar-refractivity contribution is 5.73. The summed E-state index contributed by atoms with van der Waals surface area (Å²) in [6.07, 6.45) is -8.86. The zero-order valence-corrected chi connectivity index (χ0v) is 15.2. The van der Waals surface area contributed by atoms with Crippen LogP contribution < -0.4 is 0 Å². The van der Waals surface area contributed by atoms with Crippen LogP contribution in [0.1, 0.15) is 24.0 Å². The third-order valence-corrected chi connectivity index (χ3v) is 4.69. The van der Waals surface area contributed by atoms with Crippen molar-refractivity contribution in [2.45, 2.75) is 44.3 Å². The number of hydrogen-bond donors (Lipinski definition) is 1. The fourth-order valence-corrected chi connectivity index (χ4v) is 3.05. The van der Waals surface area contributed by atoms with Gasteiger partial charge in [-0.15, -0.1) is 10.2 Å². The first-order chi connectivity index (χ1) is 13.2. The molecule has 12 heteroatoms. The van der Waals surface area contributed by atoms with Crippen molar-refractivity contribution in [3.63, 3.8) is 0 Å². The molecule has 0 radical (unpaired) electrons. The standard InChI is InChI=1S/C15H17F4N3.C2HF3O2/c1-10-2-3-13(16)6-12(10)9-22-5-4-11(8-22)7-14(20-21-14)15(17,18)19;3-2(4,5)1(6)7/h2-3,6,11H,4-5,7-9H2,1H3;(H,6,7). The summed E-state index contributed by atoms with van der Waals surface area (Å²) >= 11 is 0. The van der Waals surface area contributed by atoms with Gasteiger partial charge in [0.05, 0.1) is 0 Å². The molecule has 1 aromatic carbocycles. The molecule has 162 valence electrons. The van der Waals surface area contributed by atoms with E-state index in [9.17, 15) is 30.7 Å². The molecule has 2 aliphatic heterocycles. The number of carboxylic acid groups (broad SMARTS) is 1. The van der Waals surface area contributed by atoms with Crippen molar-refractivity contribution in [2.75, 3.05) is 13.1 Å².